The van der Waals surface area contributed by atoms with Crippen molar-refractivity contribution in [3.8, 4) is 0 Å². The van der Waals surface area contributed by atoms with Gasteiger partial charge in [0.1, 0.15) is 11.4 Å². The number of hydrogen-bond donors (Lipinski definition) is 0. The lowest BCUT2D eigenvalue weighted by Crippen LogP contribution is -2.30. The van der Waals surface area contributed by atoms with Crippen LogP contribution in [0, 0.1) is 5.39 Å². The molecule has 6 nitrogen and oxygen atoms in total. The summed E-state index contributed by atoms with van der Waals surface area (Å²) in [4.78, 5) is 27.0. The Morgan fingerprint density at radius 1 is 1.33 bits per heavy atom. The first-order valence-electron chi connectivity index (χ1n) is 4.98. The van der Waals surface area contributed by atoms with Crippen LogP contribution in [0.15, 0.2) is 0 Å². The lowest BCUT2D eigenvalue weighted by Gasteiger charge is -2.13. The molecule has 0 saturated carbocycles. The minimum absolute atomic E-state index is 0.0165. The van der Waals surface area contributed by atoms with Gasteiger partial charge in [0.05, 0.1) is 0 Å². The third-order valence-corrected chi connectivity index (χ3v) is 2.21. The van der Waals surface area contributed by atoms with Crippen LogP contribution in [0.1, 0.15) is 19.3 Å². The maximum atomic E-state index is 11.4. The summed E-state index contributed by atoms with van der Waals surface area (Å²) < 4.78 is 4.67. The number of diazo groups is 1. The normalized spacial score (nSPS) is 14.7. The van der Waals surface area contributed by atoms with Crippen LogP contribution in [0.3, 0.4) is 0 Å². The zero-order valence-corrected chi connectivity index (χ0v) is 8.52. The van der Waals surface area contributed by atoms with Gasteiger partial charge in [-0.05, 0) is 12.8 Å². The first-order chi connectivity index (χ1) is 7.24. The Kier molecular flexibility index (Phi) is 4.54. The summed E-state index contributed by atoms with van der Waals surface area (Å²) in [5.74, 6) is -0.742. The molecule has 0 bridgehead atoms. The van der Waals surface area contributed by atoms with Gasteiger partial charge in [-0.3, -0.25) is 9.59 Å². The van der Waals surface area contributed by atoms with Crippen LogP contribution in [0.2, 0.25) is 0 Å². The minimum Gasteiger partial charge on any atom is -0.457 e. The van der Waals surface area contributed by atoms with Crippen molar-refractivity contribution in [1.82, 2.24) is 4.90 Å². The molecule has 0 aliphatic carbocycles. The largest absolute Gasteiger partial charge is 0.457 e. The van der Waals surface area contributed by atoms with Crippen LogP contribution in [0.5, 0.6) is 0 Å². The van der Waals surface area contributed by atoms with Gasteiger partial charge in [0, 0.05) is 13.1 Å². The van der Waals surface area contributed by atoms with Crippen molar-refractivity contribution >= 4 is 11.9 Å². The van der Waals surface area contributed by atoms with E-state index in [1.807, 2.05) is 0 Å². The van der Waals surface area contributed by atoms with Crippen molar-refractivity contribution in [2.75, 3.05) is 26.2 Å². The number of ether oxygens (including phenoxy) is 1. The first kappa shape index (κ1) is 11.4. The predicted molar refractivity (Wildman–Crippen MR) is 51.3 cm³/mol. The van der Waals surface area contributed by atoms with Gasteiger partial charge < -0.3 is 9.64 Å². The molecule has 1 heterocycles. The smallest absolute Gasteiger partial charge is 0.338 e. The number of rotatable bonds is 4. The summed E-state index contributed by atoms with van der Waals surface area (Å²) in [6.45, 7) is 1.53. The molecule has 0 aromatic carbocycles. The molecule has 0 radical (unpaired) electrons. The van der Waals surface area contributed by atoms with Gasteiger partial charge in [0.25, 0.3) is 0 Å². The molecule has 1 fully saturated rings. The Labute approximate surface area is 87.8 Å². The maximum absolute atomic E-state index is 11.4. The van der Waals surface area contributed by atoms with Crippen molar-refractivity contribution in [2.45, 2.75) is 19.3 Å². The average Bonchev–Trinajstić information content (AvgIpc) is 2.70. The number of likely N-dealkylation sites (tertiary alicyclic amines) is 1. The molecule has 1 rings (SSSR count). The summed E-state index contributed by atoms with van der Waals surface area (Å²) in [5.41, 5.74) is 0. The molecule has 0 atom stereocenters. The summed E-state index contributed by atoms with van der Waals surface area (Å²) >= 11 is 0. The molecule has 1 amide bonds. The summed E-state index contributed by atoms with van der Waals surface area (Å²) in [5, 5.41) is 8.09. The predicted octanol–water partition coefficient (Wildman–Crippen LogP) is 0.395. The van der Waals surface area contributed by atoms with Gasteiger partial charge in [-0.1, -0.05) is 0 Å². The monoisotopic (exact) mass is 212 g/mol. The summed E-state index contributed by atoms with van der Waals surface area (Å²) in [6.07, 6.45) is 1.79. The van der Waals surface area contributed by atoms with Crippen LogP contribution in [0.25, 0.3) is 4.98 Å². The lowest BCUT2D eigenvalue weighted by atomic mass is 10.4. The number of hydrogen-bond acceptors (Lipinski definition) is 4. The molecular formula is C9H14N3O3+. The second-order valence-electron chi connectivity index (χ2n) is 3.35. The van der Waals surface area contributed by atoms with Gasteiger partial charge >= 0.3 is 12.5 Å². The zero-order valence-electron chi connectivity index (χ0n) is 8.52. The second-order valence-corrected chi connectivity index (χ2v) is 3.35. The molecule has 6 heteroatoms. The molecular weight excluding hydrogens is 198 g/mol. The Bertz CT molecular complexity index is 279. The third kappa shape index (κ3) is 3.94. The van der Waals surface area contributed by atoms with Gasteiger partial charge in [-0.2, -0.15) is 0 Å². The number of carbonyl (C=O) groups is 2. The summed E-state index contributed by atoms with van der Waals surface area (Å²) in [7, 11) is 0. The van der Waals surface area contributed by atoms with Crippen molar-refractivity contribution in [2.24, 2.45) is 0 Å². The van der Waals surface area contributed by atoms with E-state index in [2.05, 4.69) is 9.71 Å². The topological polar surface area (TPSA) is 74.8 Å². The van der Waals surface area contributed by atoms with E-state index in [1.165, 1.54) is 0 Å². The van der Waals surface area contributed by atoms with E-state index < -0.39 is 5.97 Å². The number of nitrogens with zero attached hydrogens (tertiary/aromatic N) is 3. The minimum atomic E-state index is -0.560. The molecule has 0 aromatic heterocycles. The fourth-order valence-corrected chi connectivity index (χ4v) is 1.45. The van der Waals surface area contributed by atoms with E-state index in [4.69, 9.17) is 5.39 Å². The Hall–Kier alpha value is -1.64. The van der Waals surface area contributed by atoms with Gasteiger partial charge in [0.15, 0.2) is 6.61 Å². The maximum Gasteiger partial charge on any atom is 0.338 e. The molecule has 82 valence electrons. The quantitative estimate of drug-likeness (QED) is 0.292. The van der Waals surface area contributed by atoms with E-state index in [9.17, 15) is 9.59 Å². The highest BCUT2D eigenvalue weighted by molar-refractivity contribution is 5.94. The van der Waals surface area contributed by atoms with Crippen LogP contribution in [0.4, 0.5) is 0 Å². The van der Waals surface area contributed by atoms with Crippen molar-refractivity contribution in [3.05, 3.63) is 4.98 Å². The molecule has 0 spiro atoms. The fraction of sp³-hybridized carbons (Fsp3) is 0.778. The van der Waals surface area contributed by atoms with Crippen molar-refractivity contribution < 1.29 is 14.3 Å². The molecule has 1 saturated heterocycles. The van der Waals surface area contributed by atoms with Gasteiger partial charge in [0.2, 0.25) is 11.3 Å². The molecule has 1 aliphatic heterocycles. The highest BCUT2D eigenvalue weighted by atomic mass is 16.5. The van der Waals surface area contributed by atoms with E-state index in [0.29, 0.717) is 0 Å². The summed E-state index contributed by atoms with van der Waals surface area (Å²) in [6, 6.07) is 0. The highest BCUT2D eigenvalue weighted by Crippen LogP contribution is 2.08. The molecule has 0 aromatic rings. The van der Waals surface area contributed by atoms with E-state index >= 15 is 0 Å². The SMILES string of the molecule is N#[N+]CCOC(=O)CC(=O)N1CCCC1. The Balaban J connectivity index is 2.19. The first-order valence-corrected chi connectivity index (χ1v) is 4.98. The van der Waals surface area contributed by atoms with Crippen LogP contribution >= 0.6 is 0 Å². The van der Waals surface area contributed by atoms with Crippen molar-refractivity contribution in [1.29, 1.82) is 5.39 Å². The molecule has 15 heavy (non-hydrogen) atoms. The molecule has 1 aliphatic rings. The van der Waals surface area contributed by atoms with E-state index in [0.717, 1.165) is 25.9 Å². The van der Waals surface area contributed by atoms with Crippen LogP contribution in [-0.4, -0.2) is 43.0 Å². The van der Waals surface area contributed by atoms with Gasteiger partial charge in [-0.25, -0.2) is 0 Å². The zero-order chi connectivity index (χ0) is 11.1. The van der Waals surface area contributed by atoms with Crippen LogP contribution in [-0.2, 0) is 14.3 Å². The van der Waals surface area contributed by atoms with Gasteiger partial charge in [-0.15, -0.1) is 0 Å². The average molecular weight is 212 g/mol. The third-order valence-electron chi connectivity index (χ3n) is 2.21. The Morgan fingerprint density at radius 3 is 2.60 bits per heavy atom. The second kappa shape index (κ2) is 5.96. The standard InChI is InChI=1S/C9H14N3O3/c10-11-3-6-15-9(14)7-8(13)12-4-1-2-5-12/h1-7H2/q+1. The molecule has 0 unspecified atom stereocenters. The number of carbonyl (C=O) groups excluding carboxylic acids is 2. The fourth-order valence-electron chi connectivity index (χ4n) is 1.45. The lowest BCUT2D eigenvalue weighted by molar-refractivity contribution is -0.148. The van der Waals surface area contributed by atoms with E-state index in [1.54, 1.807) is 4.90 Å². The van der Waals surface area contributed by atoms with Crippen molar-refractivity contribution in [3.63, 3.8) is 0 Å². The van der Waals surface area contributed by atoms with Crippen LogP contribution < -0.4 is 0 Å². The highest BCUT2D eigenvalue weighted by Gasteiger charge is 2.21. The van der Waals surface area contributed by atoms with E-state index in [-0.39, 0.29) is 25.5 Å². The molecule has 0 N–H and O–H groups in total. The number of esters is 1. The Morgan fingerprint density at radius 2 is 2.00 bits per heavy atom. The number of amides is 1.